The van der Waals surface area contributed by atoms with E-state index in [-0.39, 0.29) is 0 Å². The van der Waals surface area contributed by atoms with Crippen LogP contribution in [-0.2, 0) is 0 Å². The largest absolute Gasteiger partial charge is 0.355 e. The maximum absolute atomic E-state index is 3.66. The van der Waals surface area contributed by atoms with Gasteiger partial charge < -0.3 is 5.32 Å². The molecule has 0 aliphatic carbocycles. The summed E-state index contributed by atoms with van der Waals surface area (Å²) in [5.41, 5.74) is 5.29. The van der Waals surface area contributed by atoms with Crippen LogP contribution in [0.2, 0.25) is 0 Å². The molecule has 4 aromatic carbocycles. The first-order chi connectivity index (χ1) is 11.3. The zero-order chi connectivity index (χ0) is 15.4. The fourth-order valence-corrected chi connectivity index (χ4v) is 4.03. The van der Waals surface area contributed by atoms with Crippen LogP contribution in [0.5, 0.6) is 0 Å². The van der Waals surface area contributed by atoms with Gasteiger partial charge in [0.1, 0.15) is 0 Å². The summed E-state index contributed by atoms with van der Waals surface area (Å²) in [6.07, 6.45) is 0. The lowest BCUT2D eigenvalue weighted by atomic mass is 9.82. The quantitative estimate of drug-likeness (QED) is 0.407. The molecule has 0 amide bonds. The van der Waals surface area contributed by atoms with Gasteiger partial charge in [-0.25, -0.2) is 0 Å². The predicted molar refractivity (Wildman–Crippen MR) is 98.7 cm³/mol. The van der Waals surface area contributed by atoms with Crippen LogP contribution in [0.25, 0.3) is 21.5 Å². The molecule has 0 atom stereocenters. The maximum atomic E-state index is 3.66. The van der Waals surface area contributed by atoms with Crippen molar-refractivity contribution in [3.63, 3.8) is 0 Å². The van der Waals surface area contributed by atoms with Crippen LogP contribution in [-0.4, -0.2) is 0 Å². The van der Waals surface area contributed by atoms with Crippen LogP contribution in [0.3, 0.4) is 0 Å². The SMILES string of the molecule is CC1c2c(ccc3ccccc23)Nc2ccc3ccccc3c21. The van der Waals surface area contributed by atoms with Crippen molar-refractivity contribution in [2.75, 3.05) is 5.32 Å². The highest BCUT2D eigenvalue weighted by atomic mass is 14.9. The molecule has 0 bridgehead atoms. The number of hydrogen-bond donors (Lipinski definition) is 1. The molecule has 0 aromatic heterocycles. The fraction of sp³-hybridized carbons (Fsp3) is 0.0909. The Hall–Kier alpha value is -2.80. The third-order valence-electron chi connectivity index (χ3n) is 5.08. The van der Waals surface area contributed by atoms with Gasteiger partial charge in [0, 0.05) is 17.3 Å². The van der Waals surface area contributed by atoms with E-state index in [1.807, 2.05) is 0 Å². The van der Waals surface area contributed by atoms with Gasteiger partial charge in [-0.3, -0.25) is 0 Å². The Morgan fingerprint density at radius 3 is 1.61 bits per heavy atom. The summed E-state index contributed by atoms with van der Waals surface area (Å²) in [6, 6.07) is 26.2. The standard InChI is InChI=1S/C22H17N/c1-14-21-17-8-4-2-6-15(17)10-12-19(21)23-20-13-11-16-7-3-5-9-18(16)22(14)20/h2-14,23H,1H3. The number of fused-ring (bicyclic) bond motifs is 6. The van der Waals surface area contributed by atoms with Gasteiger partial charge >= 0.3 is 0 Å². The monoisotopic (exact) mass is 295 g/mol. The van der Waals surface area contributed by atoms with Crippen LogP contribution in [0.15, 0.2) is 72.8 Å². The summed E-state index contributed by atoms with van der Waals surface area (Å²) in [6.45, 7) is 2.33. The summed E-state index contributed by atoms with van der Waals surface area (Å²) < 4.78 is 0. The number of anilines is 2. The normalized spacial score (nSPS) is 13.6. The van der Waals surface area contributed by atoms with E-state index in [9.17, 15) is 0 Å². The molecule has 4 aromatic rings. The topological polar surface area (TPSA) is 12.0 Å². The minimum Gasteiger partial charge on any atom is -0.355 e. The molecule has 1 nitrogen and oxygen atoms in total. The number of benzene rings is 4. The van der Waals surface area contributed by atoms with Crippen molar-refractivity contribution in [1.82, 2.24) is 0 Å². The minimum atomic E-state index is 0.374. The molecule has 1 aliphatic heterocycles. The molecule has 1 heteroatoms. The molecule has 0 spiro atoms. The Bertz CT molecular complexity index is 977. The molecule has 0 saturated heterocycles. The molecule has 5 rings (SSSR count). The zero-order valence-corrected chi connectivity index (χ0v) is 13.0. The first-order valence-electron chi connectivity index (χ1n) is 8.13. The predicted octanol–water partition coefficient (Wildman–Crippen LogP) is 6.20. The van der Waals surface area contributed by atoms with Crippen LogP contribution in [0.1, 0.15) is 24.0 Å². The van der Waals surface area contributed by atoms with Crippen molar-refractivity contribution in [3.8, 4) is 0 Å². The highest BCUT2D eigenvalue weighted by Crippen LogP contribution is 2.46. The highest BCUT2D eigenvalue weighted by Gasteiger charge is 2.25. The van der Waals surface area contributed by atoms with E-state index in [1.165, 1.54) is 44.0 Å². The first kappa shape index (κ1) is 12.7. The smallest absolute Gasteiger partial charge is 0.0429 e. The van der Waals surface area contributed by atoms with Crippen molar-refractivity contribution in [2.24, 2.45) is 0 Å². The zero-order valence-electron chi connectivity index (χ0n) is 13.0. The van der Waals surface area contributed by atoms with Gasteiger partial charge in [0.15, 0.2) is 0 Å². The minimum absolute atomic E-state index is 0.374. The van der Waals surface area contributed by atoms with Crippen molar-refractivity contribution in [3.05, 3.63) is 83.9 Å². The van der Waals surface area contributed by atoms with E-state index in [0.29, 0.717) is 5.92 Å². The van der Waals surface area contributed by atoms with Gasteiger partial charge in [-0.15, -0.1) is 0 Å². The Balaban J connectivity index is 1.86. The molecule has 0 saturated carbocycles. The van der Waals surface area contributed by atoms with E-state index in [0.717, 1.165) is 0 Å². The van der Waals surface area contributed by atoms with Gasteiger partial charge in [0.05, 0.1) is 0 Å². The van der Waals surface area contributed by atoms with E-state index >= 15 is 0 Å². The van der Waals surface area contributed by atoms with Crippen LogP contribution >= 0.6 is 0 Å². The lowest BCUT2D eigenvalue weighted by molar-refractivity contribution is 0.934. The van der Waals surface area contributed by atoms with Gasteiger partial charge in [0.2, 0.25) is 0 Å². The lowest BCUT2D eigenvalue weighted by Crippen LogP contribution is -2.11. The molecule has 110 valence electrons. The summed E-state index contributed by atoms with van der Waals surface area (Å²) in [7, 11) is 0. The average Bonchev–Trinajstić information content (AvgIpc) is 2.61. The van der Waals surface area contributed by atoms with Crippen LogP contribution < -0.4 is 5.32 Å². The molecule has 1 aliphatic rings. The second kappa shape index (κ2) is 4.60. The number of hydrogen-bond acceptors (Lipinski definition) is 1. The second-order valence-electron chi connectivity index (χ2n) is 6.34. The average molecular weight is 295 g/mol. The van der Waals surface area contributed by atoms with Crippen LogP contribution in [0, 0.1) is 0 Å². The highest BCUT2D eigenvalue weighted by molar-refractivity contribution is 5.99. The third-order valence-corrected chi connectivity index (χ3v) is 5.08. The summed E-state index contributed by atoms with van der Waals surface area (Å²) in [5, 5.41) is 8.97. The van der Waals surface area contributed by atoms with Crippen molar-refractivity contribution < 1.29 is 0 Å². The van der Waals surface area contributed by atoms with Crippen LogP contribution in [0.4, 0.5) is 11.4 Å². The third kappa shape index (κ3) is 1.74. The van der Waals surface area contributed by atoms with Crippen molar-refractivity contribution >= 4 is 32.9 Å². The molecule has 0 fully saturated rings. The fourth-order valence-electron chi connectivity index (χ4n) is 4.03. The van der Waals surface area contributed by atoms with Gasteiger partial charge in [-0.05, 0) is 44.8 Å². The van der Waals surface area contributed by atoms with Gasteiger partial charge in [0.25, 0.3) is 0 Å². The summed E-state index contributed by atoms with van der Waals surface area (Å²) in [5.74, 6) is 0.374. The molecular weight excluding hydrogens is 278 g/mol. The Labute approximate surface area is 135 Å². The molecular formula is C22H17N. The van der Waals surface area contributed by atoms with E-state index < -0.39 is 0 Å². The Morgan fingerprint density at radius 2 is 1.09 bits per heavy atom. The van der Waals surface area contributed by atoms with Crippen molar-refractivity contribution in [1.29, 1.82) is 0 Å². The maximum Gasteiger partial charge on any atom is 0.0429 e. The van der Waals surface area contributed by atoms with Gasteiger partial charge in [-0.2, -0.15) is 0 Å². The van der Waals surface area contributed by atoms with E-state index in [1.54, 1.807) is 0 Å². The molecule has 0 unspecified atom stereocenters. The lowest BCUT2D eigenvalue weighted by Gasteiger charge is -2.29. The number of rotatable bonds is 0. The first-order valence-corrected chi connectivity index (χ1v) is 8.13. The molecule has 1 heterocycles. The molecule has 0 radical (unpaired) electrons. The second-order valence-corrected chi connectivity index (χ2v) is 6.34. The van der Waals surface area contributed by atoms with E-state index in [4.69, 9.17) is 0 Å². The summed E-state index contributed by atoms with van der Waals surface area (Å²) >= 11 is 0. The summed E-state index contributed by atoms with van der Waals surface area (Å²) in [4.78, 5) is 0. The molecule has 1 N–H and O–H groups in total. The van der Waals surface area contributed by atoms with E-state index in [2.05, 4.69) is 85.0 Å². The van der Waals surface area contributed by atoms with Crippen molar-refractivity contribution in [2.45, 2.75) is 12.8 Å². The molecule has 23 heavy (non-hydrogen) atoms. The Morgan fingerprint density at radius 1 is 0.609 bits per heavy atom. The van der Waals surface area contributed by atoms with Gasteiger partial charge in [-0.1, -0.05) is 67.6 Å². The number of nitrogens with one attached hydrogen (secondary N) is 1. The Kier molecular flexibility index (Phi) is 2.54.